The molecule has 0 aromatic carbocycles. The van der Waals surface area contributed by atoms with Crippen molar-refractivity contribution in [2.24, 2.45) is 7.05 Å². The first-order valence-corrected chi connectivity index (χ1v) is 11.4. The molecule has 1 saturated carbocycles. The summed E-state index contributed by atoms with van der Waals surface area (Å²) in [6, 6.07) is 2.23. The van der Waals surface area contributed by atoms with E-state index in [1.54, 1.807) is 16.0 Å². The lowest BCUT2D eigenvalue weighted by Gasteiger charge is -2.37. The van der Waals surface area contributed by atoms with E-state index in [9.17, 15) is 4.79 Å². The molecule has 3 heterocycles. The number of likely N-dealkylation sites (N-methyl/N-ethyl adjacent to an activating group) is 1. The second-order valence-electron chi connectivity index (χ2n) is 7.81. The Kier molecular flexibility index (Phi) is 5.84. The molecular weight excluding hydrogens is 392 g/mol. The van der Waals surface area contributed by atoms with Crippen LogP contribution in [0.4, 0.5) is 16.2 Å². The molecule has 2 aliphatic rings. The molecular formula is C19H28N6OS2. The molecule has 2 N–H and O–H groups in total. The van der Waals surface area contributed by atoms with Crippen LogP contribution in [0, 0.1) is 6.92 Å². The van der Waals surface area contributed by atoms with Crippen LogP contribution >= 0.6 is 23.5 Å². The first kappa shape index (κ1) is 19.6. The first-order valence-electron chi connectivity index (χ1n) is 9.80. The van der Waals surface area contributed by atoms with Crippen molar-refractivity contribution in [1.29, 1.82) is 0 Å². The molecule has 0 radical (unpaired) electrons. The van der Waals surface area contributed by atoms with E-state index < -0.39 is 0 Å². The first-order chi connectivity index (χ1) is 13.5. The predicted octanol–water partition coefficient (Wildman–Crippen LogP) is 3.95. The summed E-state index contributed by atoms with van der Waals surface area (Å²) < 4.78 is 6.97. The standard InChI is InChI=1S/C19H28N6OS2/c1-13-9-17(18(27-13)14-6-7-14)21-19(26)22-28-25(16-10-20-24(3)12-16)15-5-4-8-23(2)11-15/h9-10,12,14-15H,4-8,11H2,1-3H3,(H2,21,22,26). The highest BCUT2D eigenvalue weighted by Crippen LogP contribution is 2.47. The number of carbonyl (C=O) groups excluding carboxylic acids is 1. The van der Waals surface area contributed by atoms with Crippen LogP contribution in [0.25, 0.3) is 0 Å². The Labute approximate surface area is 174 Å². The van der Waals surface area contributed by atoms with Crippen LogP contribution in [0.3, 0.4) is 0 Å². The number of aromatic nitrogens is 2. The number of carbonyl (C=O) groups is 1. The average Bonchev–Trinajstić information content (AvgIpc) is 3.31. The van der Waals surface area contributed by atoms with Crippen LogP contribution < -0.4 is 14.3 Å². The number of amides is 2. The largest absolute Gasteiger partial charge is 0.330 e. The molecule has 1 unspecified atom stereocenters. The minimum absolute atomic E-state index is 0.178. The van der Waals surface area contributed by atoms with Gasteiger partial charge >= 0.3 is 6.03 Å². The van der Waals surface area contributed by atoms with Crippen molar-refractivity contribution in [3.63, 3.8) is 0 Å². The number of nitrogens with zero attached hydrogens (tertiary/aromatic N) is 4. The van der Waals surface area contributed by atoms with Crippen molar-refractivity contribution in [2.75, 3.05) is 29.8 Å². The monoisotopic (exact) mass is 420 g/mol. The Morgan fingerprint density at radius 1 is 1.36 bits per heavy atom. The van der Waals surface area contributed by atoms with Crippen molar-refractivity contribution in [3.8, 4) is 0 Å². The van der Waals surface area contributed by atoms with E-state index in [0.717, 1.165) is 37.3 Å². The van der Waals surface area contributed by atoms with E-state index in [-0.39, 0.29) is 6.03 Å². The summed E-state index contributed by atoms with van der Waals surface area (Å²) in [4.78, 5) is 17.5. The van der Waals surface area contributed by atoms with Gasteiger partial charge in [-0.2, -0.15) is 5.10 Å². The lowest BCUT2D eigenvalue weighted by Crippen LogP contribution is -2.45. The van der Waals surface area contributed by atoms with Gasteiger partial charge in [0.05, 0.1) is 35.7 Å². The summed E-state index contributed by atoms with van der Waals surface area (Å²) in [6.07, 6.45) is 8.57. The number of anilines is 2. The average molecular weight is 421 g/mol. The summed E-state index contributed by atoms with van der Waals surface area (Å²) in [7, 11) is 4.06. The number of piperidine rings is 1. The molecule has 1 atom stereocenters. The topological polar surface area (TPSA) is 65.4 Å². The van der Waals surface area contributed by atoms with Crippen LogP contribution in [-0.2, 0) is 7.05 Å². The van der Waals surface area contributed by atoms with E-state index in [1.165, 1.54) is 34.7 Å². The number of urea groups is 1. The lowest BCUT2D eigenvalue weighted by atomic mass is 10.1. The quantitative estimate of drug-likeness (QED) is 0.693. The maximum atomic E-state index is 12.6. The van der Waals surface area contributed by atoms with Crippen LogP contribution in [0.2, 0.25) is 0 Å². The van der Waals surface area contributed by atoms with Gasteiger partial charge in [0.25, 0.3) is 0 Å². The maximum absolute atomic E-state index is 12.6. The minimum Gasteiger partial charge on any atom is -0.306 e. The van der Waals surface area contributed by atoms with Crippen molar-refractivity contribution in [2.45, 2.75) is 44.6 Å². The molecule has 0 spiro atoms. The van der Waals surface area contributed by atoms with Gasteiger partial charge in [0.2, 0.25) is 0 Å². The fourth-order valence-corrected chi connectivity index (χ4v) is 5.61. The van der Waals surface area contributed by atoms with Crippen LogP contribution in [0.5, 0.6) is 0 Å². The summed E-state index contributed by atoms with van der Waals surface area (Å²) in [6.45, 7) is 4.19. The number of aryl methyl sites for hydroxylation is 2. The van der Waals surface area contributed by atoms with E-state index in [2.05, 4.69) is 44.4 Å². The van der Waals surface area contributed by atoms with Crippen LogP contribution in [0.15, 0.2) is 18.5 Å². The molecule has 1 aliphatic carbocycles. The van der Waals surface area contributed by atoms with Gasteiger partial charge in [0.15, 0.2) is 0 Å². The Morgan fingerprint density at radius 2 is 2.18 bits per heavy atom. The van der Waals surface area contributed by atoms with Gasteiger partial charge in [-0.3, -0.25) is 13.7 Å². The minimum atomic E-state index is -0.178. The number of nitrogens with one attached hydrogen (secondary N) is 2. The fraction of sp³-hybridized carbons (Fsp3) is 0.579. The van der Waals surface area contributed by atoms with E-state index in [4.69, 9.17) is 0 Å². The number of likely N-dealkylation sites (tertiary alicyclic amines) is 1. The van der Waals surface area contributed by atoms with Gasteiger partial charge in [-0.15, -0.1) is 11.3 Å². The Balaban J connectivity index is 1.41. The number of hydrogen-bond donors (Lipinski definition) is 2. The smallest absolute Gasteiger partial charge is 0.306 e. The molecule has 9 heteroatoms. The molecule has 28 heavy (non-hydrogen) atoms. The number of rotatable bonds is 6. The second kappa shape index (κ2) is 8.34. The fourth-order valence-electron chi connectivity index (χ4n) is 3.71. The zero-order valence-corrected chi connectivity index (χ0v) is 18.3. The SMILES string of the molecule is Cc1cc(NC(=O)NSN(c2cnn(C)c2)C2CCCN(C)C2)c(C2CC2)s1. The third kappa shape index (κ3) is 4.64. The van der Waals surface area contributed by atoms with Gasteiger partial charge in [0.1, 0.15) is 0 Å². The van der Waals surface area contributed by atoms with Crippen molar-refractivity contribution >= 4 is 40.9 Å². The van der Waals surface area contributed by atoms with Gasteiger partial charge < -0.3 is 10.2 Å². The molecule has 1 saturated heterocycles. The molecule has 2 amide bonds. The molecule has 2 aromatic heterocycles. The van der Waals surface area contributed by atoms with E-state index in [1.807, 2.05) is 19.4 Å². The van der Waals surface area contributed by atoms with Gasteiger partial charge in [0, 0.05) is 29.5 Å². The molecule has 4 rings (SSSR count). The Bertz CT molecular complexity index is 830. The third-order valence-electron chi connectivity index (χ3n) is 5.19. The van der Waals surface area contributed by atoms with Crippen molar-refractivity contribution in [1.82, 2.24) is 19.4 Å². The number of thiophene rings is 1. The van der Waals surface area contributed by atoms with Crippen molar-refractivity contribution in [3.05, 3.63) is 28.2 Å². The van der Waals surface area contributed by atoms with Crippen molar-refractivity contribution < 1.29 is 4.79 Å². The summed E-state index contributed by atoms with van der Waals surface area (Å²) in [5.74, 6) is 0.631. The third-order valence-corrected chi connectivity index (χ3v) is 7.39. The second-order valence-corrected chi connectivity index (χ2v) is 9.88. The van der Waals surface area contributed by atoms with E-state index >= 15 is 0 Å². The van der Waals surface area contributed by atoms with E-state index in [0.29, 0.717) is 12.0 Å². The number of hydrogen-bond acceptors (Lipinski definition) is 6. The molecule has 152 valence electrons. The summed E-state index contributed by atoms with van der Waals surface area (Å²) in [5, 5.41) is 7.37. The summed E-state index contributed by atoms with van der Waals surface area (Å²) in [5.41, 5.74) is 1.98. The lowest BCUT2D eigenvalue weighted by molar-refractivity contribution is 0.253. The van der Waals surface area contributed by atoms with Crippen LogP contribution in [-0.4, -0.2) is 46.9 Å². The van der Waals surface area contributed by atoms with Gasteiger partial charge in [-0.05, 0) is 58.2 Å². The molecule has 1 aliphatic heterocycles. The zero-order valence-electron chi connectivity index (χ0n) is 16.6. The molecule has 0 bridgehead atoms. The predicted molar refractivity (Wildman–Crippen MR) is 117 cm³/mol. The highest BCUT2D eigenvalue weighted by molar-refractivity contribution is 7.99. The molecule has 2 fully saturated rings. The van der Waals surface area contributed by atoms with Gasteiger partial charge in [-0.1, -0.05) is 0 Å². The van der Waals surface area contributed by atoms with Crippen LogP contribution in [0.1, 0.15) is 41.4 Å². The summed E-state index contributed by atoms with van der Waals surface area (Å²) >= 11 is 3.15. The Hall–Kier alpha value is -1.71. The normalized spacial score (nSPS) is 20.2. The maximum Gasteiger partial charge on any atom is 0.330 e. The molecule has 2 aromatic rings. The van der Waals surface area contributed by atoms with Gasteiger partial charge in [-0.25, -0.2) is 4.79 Å². The Morgan fingerprint density at radius 3 is 2.86 bits per heavy atom. The highest BCUT2D eigenvalue weighted by Gasteiger charge is 2.29. The zero-order chi connectivity index (χ0) is 19.7. The highest BCUT2D eigenvalue weighted by atomic mass is 32.2. The molecule has 7 nitrogen and oxygen atoms in total.